The van der Waals surface area contributed by atoms with Crippen LogP contribution in [0.2, 0.25) is 0 Å². The van der Waals surface area contributed by atoms with Crippen LogP contribution in [0.5, 0.6) is 0 Å². The van der Waals surface area contributed by atoms with E-state index >= 15 is 0 Å². The van der Waals surface area contributed by atoms with Crippen LogP contribution >= 0.6 is 27.7 Å². The van der Waals surface area contributed by atoms with Gasteiger partial charge in [0.25, 0.3) is 0 Å². The number of halogens is 1. The van der Waals surface area contributed by atoms with Crippen LogP contribution in [-0.4, -0.2) is 16.6 Å². The summed E-state index contributed by atoms with van der Waals surface area (Å²) < 4.78 is 0.807. The zero-order valence-corrected chi connectivity index (χ0v) is 13.0. The van der Waals surface area contributed by atoms with Crippen molar-refractivity contribution in [2.24, 2.45) is 9.98 Å². The van der Waals surface area contributed by atoms with Crippen LogP contribution in [0.3, 0.4) is 0 Å². The minimum atomic E-state index is 0.807. The molecule has 0 bridgehead atoms. The minimum Gasteiger partial charge on any atom is -0.244 e. The fourth-order valence-electron chi connectivity index (χ4n) is 1.44. The second-order valence-corrected chi connectivity index (χ2v) is 5.13. The molecule has 0 aromatic carbocycles. The molecule has 17 heavy (non-hydrogen) atoms. The molecule has 0 atom stereocenters. The van der Waals surface area contributed by atoms with Crippen molar-refractivity contribution in [3.63, 3.8) is 0 Å². The van der Waals surface area contributed by atoms with Crippen molar-refractivity contribution in [1.29, 1.82) is 0 Å². The summed E-state index contributed by atoms with van der Waals surface area (Å²) in [5, 5.41) is 1.03. The molecule has 2 nitrogen and oxygen atoms in total. The summed E-state index contributed by atoms with van der Waals surface area (Å²) in [4.78, 5) is 9.06. The normalized spacial score (nSPS) is 21.8. The monoisotopic (exact) mass is 312 g/mol. The van der Waals surface area contributed by atoms with Crippen LogP contribution < -0.4 is 0 Å². The van der Waals surface area contributed by atoms with Crippen LogP contribution in [0.4, 0.5) is 0 Å². The fraction of sp³-hybridized carbons (Fsp3) is 0.385. The molecule has 1 rings (SSSR count). The molecule has 0 amide bonds. The van der Waals surface area contributed by atoms with Crippen molar-refractivity contribution in [2.45, 2.75) is 27.2 Å². The van der Waals surface area contributed by atoms with Gasteiger partial charge in [0, 0.05) is 11.3 Å². The first-order valence-electron chi connectivity index (χ1n) is 5.54. The van der Waals surface area contributed by atoms with E-state index in [0.717, 1.165) is 33.1 Å². The first-order valence-corrected chi connectivity index (χ1v) is 7.56. The Kier molecular flexibility index (Phi) is 5.92. The lowest BCUT2D eigenvalue weighted by molar-refractivity contribution is 1.20. The average molecular weight is 313 g/mol. The Morgan fingerprint density at radius 2 is 2.29 bits per heavy atom. The maximum Gasteiger partial charge on any atom is 0.132 e. The van der Waals surface area contributed by atoms with E-state index in [1.807, 2.05) is 26.2 Å². The highest BCUT2D eigenvalue weighted by atomic mass is 79.9. The van der Waals surface area contributed by atoms with Gasteiger partial charge in [-0.3, -0.25) is 0 Å². The molecule has 0 N–H and O–H groups in total. The predicted octanol–water partition coefficient (Wildman–Crippen LogP) is 4.70. The molecular formula is C13H17BrN2S. The van der Waals surface area contributed by atoms with Crippen molar-refractivity contribution < 1.29 is 0 Å². The molecule has 4 heteroatoms. The highest BCUT2D eigenvalue weighted by molar-refractivity contribution is 9.19. The van der Waals surface area contributed by atoms with E-state index in [1.165, 1.54) is 0 Å². The maximum atomic E-state index is 4.66. The lowest BCUT2D eigenvalue weighted by Crippen LogP contribution is -2.14. The SMILES string of the molecule is C/C=C1/C=C(C)N=C(Br)/C1=N/C(=C/CC)SC. The third-order valence-electron chi connectivity index (χ3n) is 2.23. The van der Waals surface area contributed by atoms with Crippen LogP contribution in [0, 0.1) is 0 Å². The smallest absolute Gasteiger partial charge is 0.132 e. The van der Waals surface area contributed by atoms with E-state index in [-0.39, 0.29) is 0 Å². The predicted molar refractivity (Wildman–Crippen MR) is 83.2 cm³/mol. The van der Waals surface area contributed by atoms with E-state index in [1.54, 1.807) is 11.8 Å². The molecule has 0 saturated heterocycles. The van der Waals surface area contributed by atoms with Gasteiger partial charge in [-0.1, -0.05) is 19.1 Å². The lowest BCUT2D eigenvalue weighted by atomic mass is 10.1. The van der Waals surface area contributed by atoms with Crippen LogP contribution in [0.25, 0.3) is 0 Å². The van der Waals surface area contributed by atoms with Gasteiger partial charge < -0.3 is 0 Å². The second-order valence-electron chi connectivity index (χ2n) is 3.55. The zero-order valence-electron chi connectivity index (χ0n) is 10.6. The number of hydrogen-bond donors (Lipinski definition) is 0. The number of aliphatic imine (C=N–C) groups is 2. The van der Waals surface area contributed by atoms with Crippen molar-refractivity contribution in [3.8, 4) is 0 Å². The van der Waals surface area contributed by atoms with Gasteiger partial charge in [0.2, 0.25) is 0 Å². The Morgan fingerprint density at radius 3 is 2.82 bits per heavy atom. The average Bonchev–Trinajstić information content (AvgIpc) is 2.30. The highest BCUT2D eigenvalue weighted by Crippen LogP contribution is 2.22. The van der Waals surface area contributed by atoms with E-state index in [2.05, 4.69) is 45.0 Å². The van der Waals surface area contributed by atoms with E-state index < -0.39 is 0 Å². The van der Waals surface area contributed by atoms with E-state index in [4.69, 9.17) is 0 Å². The molecule has 0 spiro atoms. The Morgan fingerprint density at radius 1 is 1.59 bits per heavy atom. The Labute approximate surface area is 116 Å². The van der Waals surface area contributed by atoms with Crippen LogP contribution in [-0.2, 0) is 0 Å². The van der Waals surface area contributed by atoms with Crippen molar-refractivity contribution >= 4 is 38.0 Å². The van der Waals surface area contributed by atoms with Gasteiger partial charge in [-0.15, -0.1) is 11.8 Å². The van der Waals surface area contributed by atoms with Crippen LogP contribution in [0.1, 0.15) is 27.2 Å². The number of rotatable bonds is 3. The third-order valence-corrected chi connectivity index (χ3v) is 3.46. The number of hydrogen-bond acceptors (Lipinski definition) is 3. The summed E-state index contributed by atoms with van der Waals surface area (Å²) in [6.45, 7) is 6.11. The molecule has 0 radical (unpaired) electrons. The second kappa shape index (κ2) is 6.97. The molecule has 1 aliphatic heterocycles. The summed E-state index contributed by atoms with van der Waals surface area (Å²) in [6, 6.07) is 0. The Hall–Kier alpha value is -0.610. The molecule has 92 valence electrons. The molecule has 0 aromatic heterocycles. The number of allylic oxidation sites excluding steroid dienone is 5. The van der Waals surface area contributed by atoms with Gasteiger partial charge in [-0.25, -0.2) is 9.98 Å². The maximum absolute atomic E-state index is 4.66. The van der Waals surface area contributed by atoms with Gasteiger partial charge in [0.05, 0.1) is 5.03 Å². The van der Waals surface area contributed by atoms with E-state index in [9.17, 15) is 0 Å². The summed E-state index contributed by atoms with van der Waals surface area (Å²) in [5.74, 6) is 0. The summed E-state index contributed by atoms with van der Waals surface area (Å²) in [6.07, 6.45) is 9.25. The molecule has 0 saturated carbocycles. The van der Waals surface area contributed by atoms with Gasteiger partial charge >= 0.3 is 0 Å². The Balaban J connectivity index is 3.17. The number of nitrogens with zero attached hydrogens (tertiary/aromatic N) is 2. The van der Waals surface area contributed by atoms with Gasteiger partial charge in [-0.2, -0.15) is 0 Å². The van der Waals surface area contributed by atoms with Crippen molar-refractivity contribution in [3.05, 3.63) is 34.5 Å². The standard InChI is InChI=1S/C13H17BrN2S/c1-5-7-11(17-4)16-12-10(6-2)8-9(3)15-13(12)14/h6-8H,5H2,1-4H3/b10-6-,11-7-,16-12+. The first-order chi connectivity index (χ1) is 8.12. The molecule has 1 aliphatic rings. The fourth-order valence-corrected chi connectivity index (χ4v) is 2.56. The summed E-state index contributed by atoms with van der Waals surface area (Å²) in [7, 11) is 0. The van der Waals surface area contributed by atoms with Crippen LogP contribution in [0.15, 0.2) is 44.5 Å². The topological polar surface area (TPSA) is 24.7 Å². The molecule has 0 fully saturated rings. The van der Waals surface area contributed by atoms with Gasteiger partial charge in [0.15, 0.2) is 0 Å². The number of thioether (sulfide) groups is 1. The summed E-state index contributed by atoms with van der Waals surface area (Å²) in [5.41, 5.74) is 3.02. The Bertz CT molecular complexity index is 442. The first kappa shape index (κ1) is 14.5. The van der Waals surface area contributed by atoms with Crippen molar-refractivity contribution in [1.82, 2.24) is 0 Å². The molecule has 1 heterocycles. The molecule has 0 unspecified atom stereocenters. The van der Waals surface area contributed by atoms with Gasteiger partial charge in [-0.05, 0) is 48.5 Å². The quantitative estimate of drug-likeness (QED) is 0.741. The largest absolute Gasteiger partial charge is 0.244 e. The lowest BCUT2D eigenvalue weighted by Gasteiger charge is -2.12. The summed E-state index contributed by atoms with van der Waals surface area (Å²) >= 11 is 5.14. The molecule has 0 aromatic rings. The highest BCUT2D eigenvalue weighted by Gasteiger charge is 2.15. The third kappa shape index (κ3) is 3.96. The van der Waals surface area contributed by atoms with E-state index in [0.29, 0.717) is 0 Å². The molecule has 0 aliphatic carbocycles. The zero-order chi connectivity index (χ0) is 12.8. The van der Waals surface area contributed by atoms with Crippen molar-refractivity contribution in [2.75, 3.05) is 6.26 Å². The molecular weight excluding hydrogens is 296 g/mol. The van der Waals surface area contributed by atoms with Gasteiger partial charge in [0.1, 0.15) is 10.3 Å². The minimum absolute atomic E-state index is 0.807.